The van der Waals surface area contributed by atoms with Crippen LogP contribution in [0.5, 0.6) is 0 Å². The van der Waals surface area contributed by atoms with E-state index in [9.17, 15) is 4.79 Å². The molecule has 0 spiro atoms. The van der Waals surface area contributed by atoms with Crippen LogP contribution in [-0.2, 0) is 0 Å². The van der Waals surface area contributed by atoms with Gasteiger partial charge in [0.1, 0.15) is 0 Å². The number of piperidine rings is 1. The van der Waals surface area contributed by atoms with E-state index in [1.165, 1.54) is 26.8 Å². The molecule has 1 aliphatic rings. The van der Waals surface area contributed by atoms with Crippen molar-refractivity contribution in [3.05, 3.63) is 144 Å². The first-order chi connectivity index (χ1) is 20.2. The van der Waals surface area contributed by atoms with Gasteiger partial charge in [-0.1, -0.05) is 121 Å². The average Bonchev–Trinajstić information content (AvgIpc) is 3.03. The lowest BCUT2D eigenvalue weighted by molar-refractivity contribution is 0.0907. The highest BCUT2D eigenvalue weighted by Gasteiger charge is 2.24. The first-order valence-electron chi connectivity index (χ1n) is 14.6. The first-order valence-corrected chi connectivity index (χ1v) is 15.4. The van der Waals surface area contributed by atoms with Crippen LogP contribution in [0.25, 0.3) is 10.8 Å². The molecule has 0 aromatic heterocycles. The molecule has 5 aromatic rings. The van der Waals surface area contributed by atoms with Gasteiger partial charge in [-0.25, -0.2) is 0 Å². The molecule has 1 N–H and O–H groups in total. The number of hydrogen-bond acceptors (Lipinski definition) is 3. The van der Waals surface area contributed by atoms with Crippen LogP contribution in [0.4, 0.5) is 0 Å². The smallest absolute Gasteiger partial charge is 0.252 e. The van der Waals surface area contributed by atoms with Gasteiger partial charge in [-0.15, -0.1) is 0 Å². The summed E-state index contributed by atoms with van der Waals surface area (Å²) in [6, 6.07) is 44.7. The third-order valence-electron chi connectivity index (χ3n) is 8.16. The van der Waals surface area contributed by atoms with Gasteiger partial charge < -0.3 is 10.2 Å². The molecule has 41 heavy (non-hydrogen) atoms. The maximum Gasteiger partial charge on any atom is 0.252 e. The van der Waals surface area contributed by atoms with E-state index >= 15 is 0 Å². The van der Waals surface area contributed by atoms with E-state index in [1.807, 2.05) is 18.2 Å². The second-order valence-corrected chi connectivity index (χ2v) is 11.9. The van der Waals surface area contributed by atoms with E-state index < -0.39 is 0 Å². The predicted octanol–water partition coefficient (Wildman–Crippen LogP) is 8.41. The summed E-state index contributed by atoms with van der Waals surface area (Å²) in [5, 5.41) is 5.78. The number of likely N-dealkylation sites (tertiary alicyclic amines) is 1. The number of nitrogens with zero attached hydrogens (tertiary/aromatic N) is 1. The Morgan fingerprint density at radius 3 is 2.02 bits per heavy atom. The Kier molecular flexibility index (Phi) is 8.80. The molecular formula is C37H36N2OS. The lowest BCUT2D eigenvalue weighted by Gasteiger charge is -2.33. The molecule has 1 heterocycles. The van der Waals surface area contributed by atoms with Crippen LogP contribution in [0.15, 0.2) is 137 Å². The largest absolute Gasteiger partial charge is 0.349 e. The van der Waals surface area contributed by atoms with E-state index in [-0.39, 0.29) is 11.9 Å². The number of benzene rings is 5. The van der Waals surface area contributed by atoms with Crippen molar-refractivity contribution in [3.8, 4) is 0 Å². The molecule has 0 unspecified atom stereocenters. The number of hydrogen-bond donors (Lipinski definition) is 1. The lowest BCUT2D eigenvalue weighted by Crippen LogP contribution is -2.45. The van der Waals surface area contributed by atoms with Crippen molar-refractivity contribution < 1.29 is 4.79 Å². The van der Waals surface area contributed by atoms with Crippen molar-refractivity contribution in [2.75, 3.05) is 19.6 Å². The molecule has 0 radical (unpaired) electrons. The van der Waals surface area contributed by atoms with Crippen molar-refractivity contribution in [3.63, 3.8) is 0 Å². The zero-order valence-corrected chi connectivity index (χ0v) is 24.1. The van der Waals surface area contributed by atoms with Gasteiger partial charge in [0.25, 0.3) is 5.91 Å². The van der Waals surface area contributed by atoms with Crippen LogP contribution in [0.1, 0.15) is 46.7 Å². The summed E-state index contributed by atoms with van der Waals surface area (Å²) in [6.07, 6.45) is 3.04. The highest BCUT2D eigenvalue weighted by molar-refractivity contribution is 7.99. The standard InChI is InChI=1S/C37H36N2OS/c40-37(34-19-9-10-20-36(34)41-35-21-11-17-30-16-7-8-18-33(30)35)38-31-22-25-39(26-23-31)27-24-32(28-12-3-1-4-13-28)29-14-5-2-6-15-29/h1-21,31-32H,22-27H2,(H,38,40). The molecule has 0 aliphatic carbocycles. The molecule has 4 heteroatoms. The molecule has 206 valence electrons. The molecule has 0 atom stereocenters. The Labute approximate surface area is 247 Å². The summed E-state index contributed by atoms with van der Waals surface area (Å²) in [6.45, 7) is 3.07. The Hall–Kier alpha value is -3.86. The number of amides is 1. The minimum atomic E-state index is 0.0278. The normalized spacial score (nSPS) is 14.4. The molecule has 0 bridgehead atoms. The van der Waals surface area contributed by atoms with Gasteiger partial charge in [-0.3, -0.25) is 4.79 Å². The molecule has 6 rings (SSSR count). The Bertz CT molecular complexity index is 1530. The van der Waals surface area contributed by atoms with Gasteiger partial charge in [-0.2, -0.15) is 0 Å². The predicted molar refractivity (Wildman–Crippen MR) is 171 cm³/mol. The molecule has 1 amide bonds. The average molecular weight is 557 g/mol. The van der Waals surface area contributed by atoms with E-state index in [0.29, 0.717) is 5.92 Å². The van der Waals surface area contributed by atoms with E-state index in [2.05, 4.69) is 119 Å². The third kappa shape index (κ3) is 6.73. The number of nitrogens with one attached hydrogen (secondary N) is 1. The molecule has 0 saturated carbocycles. The number of carbonyl (C=O) groups is 1. The molecule has 1 fully saturated rings. The lowest BCUT2D eigenvalue weighted by atomic mass is 9.88. The minimum Gasteiger partial charge on any atom is -0.349 e. The van der Waals surface area contributed by atoms with E-state index in [4.69, 9.17) is 0 Å². The summed E-state index contributed by atoms with van der Waals surface area (Å²) < 4.78 is 0. The molecule has 1 aliphatic heterocycles. The summed E-state index contributed by atoms with van der Waals surface area (Å²) >= 11 is 1.67. The fourth-order valence-electron chi connectivity index (χ4n) is 5.92. The maximum absolute atomic E-state index is 13.5. The fourth-order valence-corrected chi connectivity index (χ4v) is 7.02. The van der Waals surface area contributed by atoms with Crippen molar-refractivity contribution in [1.29, 1.82) is 0 Å². The van der Waals surface area contributed by atoms with Gasteiger partial charge in [0.2, 0.25) is 0 Å². The van der Waals surface area contributed by atoms with Gasteiger partial charge >= 0.3 is 0 Å². The van der Waals surface area contributed by atoms with Crippen LogP contribution in [0, 0.1) is 0 Å². The Balaban J connectivity index is 1.06. The highest BCUT2D eigenvalue weighted by atomic mass is 32.2. The van der Waals surface area contributed by atoms with Crippen LogP contribution in [0.2, 0.25) is 0 Å². The number of carbonyl (C=O) groups excluding carboxylic acids is 1. The van der Waals surface area contributed by atoms with Crippen molar-refractivity contribution in [1.82, 2.24) is 10.2 Å². The summed E-state index contributed by atoms with van der Waals surface area (Å²) in [4.78, 5) is 18.2. The zero-order valence-electron chi connectivity index (χ0n) is 23.3. The summed E-state index contributed by atoms with van der Waals surface area (Å²) in [7, 11) is 0. The summed E-state index contributed by atoms with van der Waals surface area (Å²) in [5.74, 6) is 0.422. The highest BCUT2D eigenvalue weighted by Crippen LogP contribution is 2.35. The van der Waals surface area contributed by atoms with E-state index in [0.717, 1.165) is 49.4 Å². The van der Waals surface area contributed by atoms with Crippen LogP contribution in [-0.4, -0.2) is 36.5 Å². The molecule has 1 saturated heterocycles. The first kappa shape index (κ1) is 27.3. The third-order valence-corrected chi connectivity index (χ3v) is 9.31. The van der Waals surface area contributed by atoms with Crippen molar-refractivity contribution >= 4 is 28.4 Å². The molecule has 5 aromatic carbocycles. The Morgan fingerprint density at radius 1 is 0.707 bits per heavy atom. The quantitative estimate of drug-likeness (QED) is 0.198. The number of fused-ring (bicyclic) bond motifs is 1. The van der Waals surface area contributed by atoms with Gasteiger partial charge in [0.15, 0.2) is 0 Å². The van der Waals surface area contributed by atoms with E-state index in [1.54, 1.807) is 11.8 Å². The van der Waals surface area contributed by atoms with Crippen LogP contribution in [0.3, 0.4) is 0 Å². The zero-order chi connectivity index (χ0) is 27.9. The van der Waals surface area contributed by atoms with Crippen molar-refractivity contribution in [2.24, 2.45) is 0 Å². The Morgan fingerprint density at radius 2 is 1.29 bits per heavy atom. The molecular weight excluding hydrogens is 520 g/mol. The maximum atomic E-state index is 13.5. The number of rotatable bonds is 9. The fraction of sp³-hybridized carbons (Fsp3) is 0.216. The molecule has 3 nitrogen and oxygen atoms in total. The van der Waals surface area contributed by atoms with Crippen molar-refractivity contribution in [2.45, 2.75) is 41.0 Å². The van der Waals surface area contributed by atoms with Gasteiger partial charge in [-0.05, 0) is 65.9 Å². The van der Waals surface area contributed by atoms with Gasteiger partial charge in [0, 0.05) is 34.8 Å². The SMILES string of the molecule is O=C(NC1CCN(CCC(c2ccccc2)c2ccccc2)CC1)c1ccccc1Sc1cccc2ccccc12. The monoisotopic (exact) mass is 556 g/mol. The second kappa shape index (κ2) is 13.2. The van der Waals surface area contributed by atoms with Crippen LogP contribution < -0.4 is 5.32 Å². The van der Waals surface area contributed by atoms with Gasteiger partial charge in [0.05, 0.1) is 5.56 Å². The van der Waals surface area contributed by atoms with Crippen LogP contribution >= 0.6 is 11.8 Å². The second-order valence-electron chi connectivity index (χ2n) is 10.8. The summed E-state index contributed by atoms with van der Waals surface area (Å²) in [5.41, 5.74) is 3.50. The minimum absolute atomic E-state index is 0.0278. The topological polar surface area (TPSA) is 32.3 Å².